The maximum Gasteiger partial charge on any atom is 0.280 e. The zero-order chi connectivity index (χ0) is 10.7. The van der Waals surface area contributed by atoms with Crippen LogP contribution in [0.25, 0.3) is 0 Å². The van der Waals surface area contributed by atoms with E-state index in [2.05, 4.69) is 10.3 Å². The largest absolute Gasteiger partial charge is 0.317 e. The number of hydrogen-bond donors (Lipinski definition) is 1. The summed E-state index contributed by atoms with van der Waals surface area (Å²) in [6.45, 7) is 1.94. The molecule has 1 N–H and O–H groups in total. The van der Waals surface area contributed by atoms with E-state index in [0.717, 1.165) is 31.5 Å². The van der Waals surface area contributed by atoms with E-state index in [-0.39, 0.29) is 5.69 Å². The number of nitrogens with one attached hydrogen (secondary N) is 1. The van der Waals surface area contributed by atoms with E-state index in [4.69, 9.17) is 0 Å². The molecular weight excluding hydrogens is 198 g/mol. The molecule has 2 heterocycles. The predicted molar refractivity (Wildman–Crippen MR) is 54.0 cm³/mol. The summed E-state index contributed by atoms with van der Waals surface area (Å²) >= 11 is 0. The third-order valence-electron chi connectivity index (χ3n) is 2.84. The first-order valence-corrected chi connectivity index (χ1v) is 5.22. The van der Waals surface area contributed by atoms with Crippen LogP contribution in [-0.4, -0.2) is 18.1 Å². The predicted octanol–water partition coefficient (Wildman–Crippen LogP) is 2.49. The summed E-state index contributed by atoms with van der Waals surface area (Å²) in [6.07, 6.45) is 1.06. The Morgan fingerprint density at radius 2 is 2.07 bits per heavy atom. The lowest BCUT2D eigenvalue weighted by Gasteiger charge is -2.23. The molecule has 1 fully saturated rings. The second-order valence-corrected chi connectivity index (χ2v) is 3.84. The van der Waals surface area contributed by atoms with E-state index >= 15 is 0 Å². The smallest absolute Gasteiger partial charge is 0.280 e. The van der Waals surface area contributed by atoms with Crippen molar-refractivity contribution in [1.29, 1.82) is 0 Å². The highest BCUT2D eigenvalue weighted by atomic mass is 19.3. The summed E-state index contributed by atoms with van der Waals surface area (Å²) in [5, 5.41) is 3.26. The van der Waals surface area contributed by atoms with Crippen LogP contribution in [0.4, 0.5) is 8.78 Å². The maximum absolute atomic E-state index is 12.4. The van der Waals surface area contributed by atoms with Crippen molar-refractivity contribution in [2.24, 2.45) is 0 Å². The molecule has 1 saturated heterocycles. The molecule has 1 aliphatic heterocycles. The topological polar surface area (TPSA) is 24.9 Å². The molecule has 1 aromatic rings. The lowest BCUT2D eigenvalue weighted by molar-refractivity contribution is 0.146. The first-order chi connectivity index (χ1) is 7.27. The summed E-state index contributed by atoms with van der Waals surface area (Å²) in [7, 11) is 0. The minimum absolute atomic E-state index is 0.106. The van der Waals surface area contributed by atoms with E-state index in [9.17, 15) is 8.78 Å². The van der Waals surface area contributed by atoms with Crippen molar-refractivity contribution in [2.45, 2.75) is 25.2 Å². The molecular formula is C11H14F2N2. The van der Waals surface area contributed by atoms with Crippen LogP contribution in [-0.2, 0) is 0 Å². The van der Waals surface area contributed by atoms with Gasteiger partial charge in [-0.05, 0) is 49.5 Å². The van der Waals surface area contributed by atoms with Gasteiger partial charge in [-0.2, -0.15) is 0 Å². The number of alkyl halides is 2. The Labute approximate surface area is 87.7 Å². The highest BCUT2D eigenvalue weighted by Gasteiger charge is 2.17. The molecule has 1 aliphatic rings. The molecule has 0 saturated carbocycles. The summed E-state index contributed by atoms with van der Waals surface area (Å²) in [6, 6.07) is 3.39. The standard InChI is InChI=1S/C11H14F2N2/c12-11(13)10-7-9(3-6-15-10)8-1-4-14-5-2-8/h3,6-8,11,14H,1-2,4-5H2. The third-order valence-corrected chi connectivity index (χ3v) is 2.84. The summed E-state index contributed by atoms with van der Waals surface area (Å²) in [5.41, 5.74) is 0.896. The number of rotatable bonds is 2. The SMILES string of the molecule is FC(F)c1cc(C2CCNCC2)ccn1. The van der Waals surface area contributed by atoms with Crippen LogP contribution >= 0.6 is 0 Å². The molecule has 15 heavy (non-hydrogen) atoms. The van der Waals surface area contributed by atoms with E-state index in [0.29, 0.717) is 5.92 Å². The van der Waals surface area contributed by atoms with Crippen LogP contribution in [0.5, 0.6) is 0 Å². The van der Waals surface area contributed by atoms with Gasteiger partial charge in [-0.25, -0.2) is 8.78 Å². The first-order valence-electron chi connectivity index (χ1n) is 5.22. The van der Waals surface area contributed by atoms with E-state index in [1.807, 2.05) is 6.07 Å². The quantitative estimate of drug-likeness (QED) is 0.814. The van der Waals surface area contributed by atoms with Crippen LogP contribution < -0.4 is 5.32 Å². The van der Waals surface area contributed by atoms with Gasteiger partial charge in [-0.1, -0.05) is 0 Å². The van der Waals surface area contributed by atoms with Crippen molar-refractivity contribution >= 4 is 0 Å². The lowest BCUT2D eigenvalue weighted by atomic mass is 9.90. The lowest BCUT2D eigenvalue weighted by Crippen LogP contribution is -2.26. The van der Waals surface area contributed by atoms with Gasteiger partial charge < -0.3 is 5.32 Å². The van der Waals surface area contributed by atoms with Crippen LogP contribution in [0.1, 0.15) is 36.4 Å². The van der Waals surface area contributed by atoms with Gasteiger partial charge in [0.05, 0.1) is 0 Å². The van der Waals surface area contributed by atoms with Crippen LogP contribution in [0.15, 0.2) is 18.3 Å². The number of hydrogen-bond acceptors (Lipinski definition) is 2. The fraction of sp³-hybridized carbons (Fsp3) is 0.545. The molecule has 0 aromatic carbocycles. The molecule has 0 spiro atoms. The molecule has 0 atom stereocenters. The highest BCUT2D eigenvalue weighted by molar-refractivity contribution is 5.21. The second-order valence-electron chi connectivity index (χ2n) is 3.84. The van der Waals surface area contributed by atoms with Crippen LogP contribution in [0.2, 0.25) is 0 Å². The molecule has 0 aliphatic carbocycles. The fourth-order valence-corrected chi connectivity index (χ4v) is 1.99. The Hall–Kier alpha value is -1.03. The first kappa shape index (κ1) is 10.5. The zero-order valence-corrected chi connectivity index (χ0v) is 8.42. The molecule has 0 amide bonds. The van der Waals surface area contributed by atoms with E-state index in [1.165, 1.54) is 6.20 Å². The molecule has 2 rings (SSSR count). The van der Waals surface area contributed by atoms with Gasteiger partial charge in [0.15, 0.2) is 0 Å². The Morgan fingerprint density at radius 1 is 1.33 bits per heavy atom. The van der Waals surface area contributed by atoms with Gasteiger partial charge in [0.1, 0.15) is 5.69 Å². The number of nitrogens with zero attached hydrogens (tertiary/aromatic N) is 1. The zero-order valence-electron chi connectivity index (χ0n) is 8.42. The summed E-state index contributed by atoms with van der Waals surface area (Å²) < 4.78 is 24.9. The van der Waals surface area contributed by atoms with Crippen molar-refractivity contribution in [2.75, 3.05) is 13.1 Å². The Bertz CT molecular complexity index is 322. The minimum atomic E-state index is -2.47. The summed E-state index contributed by atoms with van der Waals surface area (Å²) in [5.74, 6) is 0.409. The second kappa shape index (κ2) is 4.66. The minimum Gasteiger partial charge on any atom is -0.317 e. The van der Waals surface area contributed by atoms with Crippen LogP contribution in [0, 0.1) is 0 Å². The number of halogens is 2. The molecule has 82 valence electrons. The van der Waals surface area contributed by atoms with Gasteiger partial charge in [0, 0.05) is 6.20 Å². The maximum atomic E-state index is 12.4. The molecule has 0 radical (unpaired) electrons. The Balaban J connectivity index is 2.16. The van der Waals surface area contributed by atoms with Crippen molar-refractivity contribution in [1.82, 2.24) is 10.3 Å². The van der Waals surface area contributed by atoms with Crippen LogP contribution in [0.3, 0.4) is 0 Å². The molecule has 2 nitrogen and oxygen atoms in total. The Morgan fingerprint density at radius 3 is 2.73 bits per heavy atom. The highest BCUT2D eigenvalue weighted by Crippen LogP contribution is 2.27. The van der Waals surface area contributed by atoms with Gasteiger partial charge in [-0.15, -0.1) is 0 Å². The van der Waals surface area contributed by atoms with Gasteiger partial charge in [0.2, 0.25) is 0 Å². The average molecular weight is 212 g/mol. The van der Waals surface area contributed by atoms with Gasteiger partial charge in [-0.3, -0.25) is 4.98 Å². The number of pyridine rings is 1. The van der Waals surface area contributed by atoms with E-state index < -0.39 is 6.43 Å². The molecule has 0 unspecified atom stereocenters. The van der Waals surface area contributed by atoms with Gasteiger partial charge >= 0.3 is 0 Å². The van der Waals surface area contributed by atoms with Crippen molar-refractivity contribution in [3.05, 3.63) is 29.6 Å². The fourth-order valence-electron chi connectivity index (χ4n) is 1.99. The molecule has 1 aromatic heterocycles. The number of aromatic nitrogens is 1. The third kappa shape index (κ3) is 2.50. The molecule has 0 bridgehead atoms. The Kier molecular flexibility index (Phi) is 3.26. The average Bonchev–Trinajstić information content (AvgIpc) is 2.30. The van der Waals surface area contributed by atoms with Gasteiger partial charge in [0.25, 0.3) is 6.43 Å². The molecule has 4 heteroatoms. The van der Waals surface area contributed by atoms with Crippen molar-refractivity contribution in [3.8, 4) is 0 Å². The van der Waals surface area contributed by atoms with Crippen molar-refractivity contribution < 1.29 is 8.78 Å². The normalized spacial score (nSPS) is 18.3. The monoisotopic (exact) mass is 212 g/mol. The van der Waals surface area contributed by atoms with Crippen molar-refractivity contribution in [3.63, 3.8) is 0 Å². The summed E-state index contributed by atoms with van der Waals surface area (Å²) in [4.78, 5) is 3.67. The van der Waals surface area contributed by atoms with E-state index in [1.54, 1.807) is 6.07 Å². The number of piperidine rings is 1.